The molecule has 1 N–H and O–H groups in total. The molecule has 1 fully saturated rings. The molecule has 3 atom stereocenters. The highest BCUT2D eigenvalue weighted by atomic mass is 15.2. The minimum absolute atomic E-state index is 0.632. The van der Waals surface area contributed by atoms with Crippen molar-refractivity contribution in [3.8, 4) is 0 Å². The van der Waals surface area contributed by atoms with Gasteiger partial charge in [-0.05, 0) is 38.0 Å². The first-order chi connectivity index (χ1) is 7.72. The van der Waals surface area contributed by atoms with Gasteiger partial charge in [0.1, 0.15) is 0 Å². The summed E-state index contributed by atoms with van der Waals surface area (Å²) in [5.74, 6) is 2.68. The van der Waals surface area contributed by atoms with Crippen LogP contribution in [0.5, 0.6) is 0 Å². The first kappa shape index (κ1) is 11.5. The summed E-state index contributed by atoms with van der Waals surface area (Å²) >= 11 is 0. The molecule has 0 saturated heterocycles. The van der Waals surface area contributed by atoms with E-state index in [4.69, 9.17) is 0 Å². The zero-order chi connectivity index (χ0) is 11.5. The topological polar surface area (TPSA) is 29.9 Å². The Morgan fingerprint density at radius 1 is 1.44 bits per heavy atom. The fraction of sp³-hybridized carbons (Fsp3) is 0.769. The molecule has 1 heterocycles. The van der Waals surface area contributed by atoms with Crippen molar-refractivity contribution in [2.24, 2.45) is 11.8 Å². The summed E-state index contributed by atoms with van der Waals surface area (Å²) in [6.07, 6.45) is 8.00. The zero-order valence-electron chi connectivity index (χ0n) is 10.6. The van der Waals surface area contributed by atoms with Gasteiger partial charge >= 0.3 is 0 Å². The van der Waals surface area contributed by atoms with E-state index in [2.05, 4.69) is 41.8 Å². The molecule has 1 aromatic heterocycles. The average molecular weight is 221 g/mol. The number of hydrogen-bond acceptors (Lipinski definition) is 2. The third-order valence-electron chi connectivity index (χ3n) is 3.75. The minimum atomic E-state index is 0.632. The Bertz CT molecular complexity index is 332. The fourth-order valence-corrected chi connectivity index (χ4v) is 2.94. The molecule has 90 valence electrons. The molecule has 1 aliphatic carbocycles. The number of aromatic nitrogens is 2. The summed E-state index contributed by atoms with van der Waals surface area (Å²) in [5, 5.41) is 3.34. The number of nitrogens with one attached hydrogen (secondary N) is 1. The highest BCUT2D eigenvalue weighted by Gasteiger charge is 2.27. The van der Waals surface area contributed by atoms with Crippen molar-refractivity contribution in [3.05, 3.63) is 12.4 Å². The van der Waals surface area contributed by atoms with E-state index < -0.39 is 0 Å². The van der Waals surface area contributed by atoms with Gasteiger partial charge in [0.25, 0.3) is 0 Å². The quantitative estimate of drug-likeness (QED) is 0.848. The summed E-state index contributed by atoms with van der Waals surface area (Å²) in [6, 6.07) is 0.632. The lowest BCUT2D eigenvalue weighted by atomic mass is 9.80. The highest BCUT2D eigenvalue weighted by molar-refractivity contribution is 5.26. The second kappa shape index (κ2) is 4.89. The maximum atomic E-state index is 4.39. The van der Waals surface area contributed by atoms with Crippen molar-refractivity contribution in [1.82, 2.24) is 9.55 Å². The summed E-state index contributed by atoms with van der Waals surface area (Å²) in [6.45, 7) is 7.79. The lowest BCUT2D eigenvalue weighted by Gasteiger charge is -2.34. The van der Waals surface area contributed by atoms with Crippen LogP contribution >= 0.6 is 0 Å². The van der Waals surface area contributed by atoms with Gasteiger partial charge in [-0.2, -0.15) is 0 Å². The highest BCUT2D eigenvalue weighted by Crippen LogP contribution is 2.37. The Morgan fingerprint density at radius 3 is 2.94 bits per heavy atom. The third kappa shape index (κ3) is 2.23. The Hall–Kier alpha value is -0.990. The van der Waals surface area contributed by atoms with Crippen LogP contribution in [-0.2, 0) is 0 Å². The Labute approximate surface area is 98.3 Å². The molecule has 16 heavy (non-hydrogen) atoms. The van der Waals surface area contributed by atoms with E-state index in [9.17, 15) is 0 Å². The molecule has 0 radical (unpaired) electrons. The lowest BCUT2D eigenvalue weighted by molar-refractivity contribution is 0.209. The van der Waals surface area contributed by atoms with Crippen LogP contribution in [0.1, 0.15) is 46.1 Å². The number of rotatable bonds is 3. The smallest absolute Gasteiger partial charge is 0.203 e. The average Bonchev–Trinajstić information content (AvgIpc) is 2.67. The van der Waals surface area contributed by atoms with E-state index in [0.29, 0.717) is 6.04 Å². The minimum Gasteiger partial charge on any atom is -0.356 e. The normalized spacial score (nSPS) is 30.3. The molecule has 3 unspecified atom stereocenters. The summed E-state index contributed by atoms with van der Waals surface area (Å²) in [7, 11) is 0. The molecule has 3 heteroatoms. The first-order valence-electron chi connectivity index (χ1n) is 6.49. The van der Waals surface area contributed by atoms with Crippen molar-refractivity contribution in [3.63, 3.8) is 0 Å². The predicted molar refractivity (Wildman–Crippen MR) is 67.6 cm³/mol. The molecule has 0 aromatic carbocycles. The summed E-state index contributed by atoms with van der Waals surface area (Å²) < 4.78 is 2.33. The molecule has 0 spiro atoms. The monoisotopic (exact) mass is 221 g/mol. The molecule has 1 aromatic rings. The number of anilines is 1. The van der Waals surface area contributed by atoms with Crippen molar-refractivity contribution in [2.75, 3.05) is 11.9 Å². The molecule has 0 amide bonds. The van der Waals surface area contributed by atoms with Gasteiger partial charge in [0, 0.05) is 25.0 Å². The van der Waals surface area contributed by atoms with E-state index in [1.807, 2.05) is 6.20 Å². The van der Waals surface area contributed by atoms with Gasteiger partial charge in [0.15, 0.2) is 0 Å². The molecular formula is C13H23N3. The second-order valence-electron chi connectivity index (χ2n) is 5.15. The second-order valence-corrected chi connectivity index (χ2v) is 5.15. The van der Waals surface area contributed by atoms with Crippen LogP contribution in [0.2, 0.25) is 0 Å². The van der Waals surface area contributed by atoms with Crippen LogP contribution in [-0.4, -0.2) is 16.1 Å². The Morgan fingerprint density at radius 2 is 2.25 bits per heavy atom. The van der Waals surface area contributed by atoms with Crippen LogP contribution in [0, 0.1) is 11.8 Å². The predicted octanol–water partition coefficient (Wildman–Crippen LogP) is 3.31. The van der Waals surface area contributed by atoms with Gasteiger partial charge < -0.3 is 9.88 Å². The summed E-state index contributed by atoms with van der Waals surface area (Å²) in [4.78, 5) is 4.39. The van der Waals surface area contributed by atoms with Crippen molar-refractivity contribution >= 4 is 5.95 Å². The van der Waals surface area contributed by atoms with Crippen LogP contribution < -0.4 is 5.32 Å². The van der Waals surface area contributed by atoms with E-state index in [0.717, 1.165) is 24.3 Å². The SMILES string of the molecule is CCNc1nccn1C1CCC(C)CC1C. The van der Waals surface area contributed by atoms with E-state index in [1.165, 1.54) is 19.3 Å². The van der Waals surface area contributed by atoms with Crippen molar-refractivity contribution in [2.45, 2.75) is 46.1 Å². The molecule has 2 rings (SSSR count). The van der Waals surface area contributed by atoms with Crippen molar-refractivity contribution < 1.29 is 0 Å². The summed E-state index contributed by atoms with van der Waals surface area (Å²) in [5.41, 5.74) is 0. The molecule has 0 bridgehead atoms. The van der Waals surface area contributed by atoms with Crippen LogP contribution in [0.3, 0.4) is 0 Å². The van der Waals surface area contributed by atoms with Gasteiger partial charge in [-0.3, -0.25) is 0 Å². The lowest BCUT2D eigenvalue weighted by Crippen LogP contribution is -2.25. The van der Waals surface area contributed by atoms with E-state index in [1.54, 1.807) is 0 Å². The molecule has 3 nitrogen and oxygen atoms in total. The molecule has 0 aliphatic heterocycles. The van der Waals surface area contributed by atoms with Crippen LogP contribution in [0.4, 0.5) is 5.95 Å². The Balaban J connectivity index is 2.13. The fourth-order valence-electron chi connectivity index (χ4n) is 2.94. The molecule has 1 saturated carbocycles. The zero-order valence-corrected chi connectivity index (χ0v) is 10.6. The standard InChI is InChI=1S/C13H23N3/c1-4-14-13-15-7-8-16(13)12-6-5-10(2)9-11(12)3/h7-8,10-12H,4-6,9H2,1-3H3,(H,14,15). The van der Waals surface area contributed by atoms with Gasteiger partial charge in [-0.1, -0.05) is 13.8 Å². The van der Waals surface area contributed by atoms with Gasteiger partial charge in [0.05, 0.1) is 0 Å². The maximum Gasteiger partial charge on any atom is 0.203 e. The molecule has 1 aliphatic rings. The van der Waals surface area contributed by atoms with Crippen LogP contribution in [0.15, 0.2) is 12.4 Å². The van der Waals surface area contributed by atoms with E-state index in [-0.39, 0.29) is 0 Å². The van der Waals surface area contributed by atoms with Gasteiger partial charge in [0.2, 0.25) is 5.95 Å². The van der Waals surface area contributed by atoms with Gasteiger partial charge in [-0.25, -0.2) is 4.98 Å². The maximum absolute atomic E-state index is 4.39. The first-order valence-corrected chi connectivity index (χ1v) is 6.49. The number of nitrogens with zero attached hydrogens (tertiary/aromatic N) is 2. The van der Waals surface area contributed by atoms with Crippen LogP contribution in [0.25, 0.3) is 0 Å². The number of imidazole rings is 1. The largest absolute Gasteiger partial charge is 0.356 e. The number of hydrogen-bond donors (Lipinski definition) is 1. The van der Waals surface area contributed by atoms with E-state index >= 15 is 0 Å². The van der Waals surface area contributed by atoms with Crippen molar-refractivity contribution in [1.29, 1.82) is 0 Å². The molecular weight excluding hydrogens is 198 g/mol. The third-order valence-corrected chi connectivity index (χ3v) is 3.75. The van der Waals surface area contributed by atoms with Gasteiger partial charge in [-0.15, -0.1) is 0 Å². The Kier molecular flexibility index (Phi) is 3.52.